The third kappa shape index (κ3) is 4.07. The van der Waals surface area contributed by atoms with Crippen molar-refractivity contribution in [1.82, 2.24) is 5.32 Å². The van der Waals surface area contributed by atoms with E-state index in [0.717, 1.165) is 5.56 Å². The van der Waals surface area contributed by atoms with E-state index in [2.05, 4.69) is 5.32 Å². The van der Waals surface area contributed by atoms with Gasteiger partial charge in [0.1, 0.15) is 5.82 Å². The molecule has 0 heterocycles. The molecule has 2 aromatic rings. The molecule has 1 atom stereocenters. The lowest BCUT2D eigenvalue weighted by molar-refractivity contribution is -0.121. The number of halogens is 2. The van der Waals surface area contributed by atoms with E-state index in [-0.39, 0.29) is 24.2 Å². The maximum atomic E-state index is 13.0. The van der Waals surface area contributed by atoms with Crippen molar-refractivity contribution in [3.63, 3.8) is 0 Å². The van der Waals surface area contributed by atoms with Crippen molar-refractivity contribution in [2.75, 3.05) is 0 Å². The van der Waals surface area contributed by atoms with E-state index in [9.17, 15) is 9.18 Å². The number of hydrogen-bond acceptors (Lipinski definition) is 1. The van der Waals surface area contributed by atoms with Gasteiger partial charge < -0.3 is 5.32 Å². The topological polar surface area (TPSA) is 29.1 Å². The van der Waals surface area contributed by atoms with E-state index >= 15 is 0 Å². The van der Waals surface area contributed by atoms with Crippen LogP contribution >= 0.6 is 11.6 Å². The van der Waals surface area contributed by atoms with Crippen LogP contribution < -0.4 is 5.32 Å². The van der Waals surface area contributed by atoms with Crippen molar-refractivity contribution in [2.24, 2.45) is 0 Å². The van der Waals surface area contributed by atoms with Gasteiger partial charge in [0.25, 0.3) is 0 Å². The Labute approximate surface area is 122 Å². The smallest absolute Gasteiger partial charge is 0.224 e. The summed E-state index contributed by atoms with van der Waals surface area (Å²) in [6.07, 6.45) is 0.162. The second kappa shape index (κ2) is 6.53. The van der Waals surface area contributed by atoms with Crippen LogP contribution in [-0.2, 0) is 11.2 Å². The molecule has 0 spiro atoms. The second-order valence-corrected chi connectivity index (χ2v) is 5.08. The summed E-state index contributed by atoms with van der Waals surface area (Å²) in [6.45, 7) is 1.90. The Hall–Kier alpha value is -1.87. The van der Waals surface area contributed by atoms with Gasteiger partial charge in [-0.3, -0.25) is 4.79 Å². The van der Waals surface area contributed by atoms with Gasteiger partial charge in [-0.1, -0.05) is 35.9 Å². The Kier molecular flexibility index (Phi) is 4.74. The van der Waals surface area contributed by atoms with Gasteiger partial charge >= 0.3 is 0 Å². The molecule has 0 fully saturated rings. The van der Waals surface area contributed by atoms with Crippen LogP contribution in [0.2, 0.25) is 5.02 Å². The minimum atomic E-state index is -0.332. The van der Waals surface area contributed by atoms with Gasteiger partial charge in [-0.15, -0.1) is 0 Å². The number of rotatable bonds is 4. The maximum absolute atomic E-state index is 13.0. The summed E-state index contributed by atoms with van der Waals surface area (Å²) in [6, 6.07) is 13.2. The molecule has 0 saturated carbocycles. The van der Waals surface area contributed by atoms with Crippen molar-refractivity contribution in [2.45, 2.75) is 19.4 Å². The first-order valence-corrected chi connectivity index (χ1v) is 6.71. The highest BCUT2D eigenvalue weighted by Crippen LogP contribution is 2.16. The molecule has 4 heteroatoms. The van der Waals surface area contributed by atoms with Crippen molar-refractivity contribution < 1.29 is 9.18 Å². The molecule has 0 bridgehead atoms. The first-order valence-electron chi connectivity index (χ1n) is 6.34. The maximum Gasteiger partial charge on any atom is 0.224 e. The molecule has 104 valence electrons. The van der Waals surface area contributed by atoms with Crippen LogP contribution in [0.3, 0.4) is 0 Å². The van der Waals surface area contributed by atoms with Gasteiger partial charge in [-0.25, -0.2) is 4.39 Å². The summed E-state index contributed by atoms with van der Waals surface area (Å²) in [7, 11) is 0. The fraction of sp³-hybridized carbons (Fsp3) is 0.188. The zero-order valence-corrected chi connectivity index (χ0v) is 11.8. The molecule has 1 N–H and O–H groups in total. The molecule has 1 amide bonds. The third-order valence-corrected chi connectivity index (χ3v) is 3.25. The lowest BCUT2D eigenvalue weighted by Gasteiger charge is -2.14. The van der Waals surface area contributed by atoms with E-state index in [1.807, 2.05) is 19.1 Å². The van der Waals surface area contributed by atoms with Gasteiger partial charge in [-0.2, -0.15) is 0 Å². The van der Waals surface area contributed by atoms with Crippen LogP contribution in [0.4, 0.5) is 4.39 Å². The molecule has 2 aromatic carbocycles. The van der Waals surface area contributed by atoms with Crippen LogP contribution in [0.25, 0.3) is 0 Å². The lowest BCUT2D eigenvalue weighted by Crippen LogP contribution is -2.28. The van der Waals surface area contributed by atoms with Gasteiger partial charge in [0.15, 0.2) is 0 Å². The summed E-state index contributed by atoms with van der Waals surface area (Å²) in [5, 5.41) is 3.54. The number of amides is 1. The normalized spacial score (nSPS) is 11.9. The molecule has 0 unspecified atom stereocenters. The minimum absolute atomic E-state index is 0.117. The molecular weight excluding hydrogens is 277 g/mol. The number of benzene rings is 2. The fourth-order valence-electron chi connectivity index (χ4n) is 1.96. The SMILES string of the molecule is C[C@H](NC(=O)Cc1cccc(F)c1)c1ccc(Cl)cc1. The van der Waals surface area contributed by atoms with E-state index in [1.54, 1.807) is 24.3 Å². The summed E-state index contributed by atoms with van der Waals surface area (Å²) >= 11 is 5.82. The fourth-order valence-corrected chi connectivity index (χ4v) is 2.09. The van der Waals surface area contributed by atoms with E-state index < -0.39 is 0 Å². The second-order valence-electron chi connectivity index (χ2n) is 4.65. The van der Waals surface area contributed by atoms with Crippen molar-refractivity contribution in [1.29, 1.82) is 0 Å². The molecule has 0 aromatic heterocycles. The first kappa shape index (κ1) is 14.5. The minimum Gasteiger partial charge on any atom is -0.349 e. The Balaban J connectivity index is 1.95. The molecule has 2 nitrogen and oxygen atoms in total. The van der Waals surface area contributed by atoms with Crippen molar-refractivity contribution in [3.8, 4) is 0 Å². The van der Waals surface area contributed by atoms with Crippen LogP contribution in [0.5, 0.6) is 0 Å². The summed E-state index contributed by atoms with van der Waals surface area (Å²) < 4.78 is 13.0. The largest absolute Gasteiger partial charge is 0.349 e. The standard InChI is InChI=1S/C16H15ClFNO/c1-11(13-5-7-14(17)8-6-13)19-16(20)10-12-3-2-4-15(18)9-12/h2-9,11H,10H2,1H3,(H,19,20)/t11-/m0/s1. The molecule has 0 radical (unpaired) electrons. The Morgan fingerprint density at radius 2 is 1.95 bits per heavy atom. The van der Waals surface area contributed by atoms with E-state index in [0.29, 0.717) is 10.6 Å². The van der Waals surface area contributed by atoms with Gasteiger partial charge in [-0.05, 0) is 42.3 Å². The predicted octanol–water partition coefficient (Wildman–Crippen LogP) is 3.90. The highest BCUT2D eigenvalue weighted by molar-refractivity contribution is 6.30. The zero-order chi connectivity index (χ0) is 14.5. The van der Waals surface area contributed by atoms with Gasteiger partial charge in [0.2, 0.25) is 5.91 Å². The average molecular weight is 292 g/mol. The number of nitrogens with one attached hydrogen (secondary N) is 1. The Morgan fingerprint density at radius 3 is 2.60 bits per heavy atom. The highest BCUT2D eigenvalue weighted by Gasteiger charge is 2.10. The summed E-state index contributed by atoms with van der Waals surface area (Å²) in [4.78, 5) is 11.9. The van der Waals surface area contributed by atoms with Crippen LogP contribution in [-0.4, -0.2) is 5.91 Å². The van der Waals surface area contributed by atoms with E-state index in [1.165, 1.54) is 12.1 Å². The molecule has 0 saturated heterocycles. The third-order valence-electron chi connectivity index (χ3n) is 3.00. The summed E-state index contributed by atoms with van der Waals surface area (Å²) in [5.74, 6) is -0.473. The molecule has 2 rings (SSSR count). The van der Waals surface area contributed by atoms with Crippen molar-refractivity contribution >= 4 is 17.5 Å². The zero-order valence-electron chi connectivity index (χ0n) is 11.1. The monoisotopic (exact) mass is 291 g/mol. The molecule has 0 aliphatic carbocycles. The number of hydrogen-bond donors (Lipinski definition) is 1. The quantitative estimate of drug-likeness (QED) is 0.909. The number of carbonyl (C=O) groups is 1. The Morgan fingerprint density at radius 1 is 1.25 bits per heavy atom. The number of carbonyl (C=O) groups excluding carboxylic acids is 1. The Bertz CT molecular complexity index is 598. The van der Waals surface area contributed by atoms with Gasteiger partial charge in [0.05, 0.1) is 12.5 Å². The lowest BCUT2D eigenvalue weighted by atomic mass is 10.1. The van der Waals surface area contributed by atoms with Crippen LogP contribution in [0, 0.1) is 5.82 Å². The molecular formula is C16H15ClFNO. The first-order chi connectivity index (χ1) is 9.54. The highest BCUT2D eigenvalue weighted by atomic mass is 35.5. The van der Waals surface area contributed by atoms with Crippen LogP contribution in [0.15, 0.2) is 48.5 Å². The molecule has 20 heavy (non-hydrogen) atoms. The predicted molar refractivity (Wildman–Crippen MR) is 78.1 cm³/mol. The van der Waals surface area contributed by atoms with Crippen LogP contribution in [0.1, 0.15) is 24.1 Å². The average Bonchev–Trinajstić information content (AvgIpc) is 2.39. The molecule has 0 aliphatic rings. The van der Waals surface area contributed by atoms with Gasteiger partial charge in [0, 0.05) is 5.02 Å². The van der Waals surface area contributed by atoms with Crippen molar-refractivity contribution in [3.05, 3.63) is 70.5 Å². The van der Waals surface area contributed by atoms with E-state index in [4.69, 9.17) is 11.6 Å². The summed E-state index contributed by atoms with van der Waals surface area (Å²) in [5.41, 5.74) is 1.63. The molecule has 0 aliphatic heterocycles.